The van der Waals surface area contributed by atoms with Crippen molar-refractivity contribution >= 4 is 40.6 Å². The summed E-state index contributed by atoms with van der Waals surface area (Å²) in [5.74, 6) is -3.58. The second-order valence-electron chi connectivity index (χ2n) is 4.72. The molecule has 1 aliphatic rings. The Balaban J connectivity index is 2.47. The maximum absolute atomic E-state index is 13.9. The third-order valence-electron chi connectivity index (χ3n) is 2.70. The van der Waals surface area contributed by atoms with Crippen molar-refractivity contribution in [3.63, 3.8) is 0 Å². The van der Waals surface area contributed by atoms with E-state index in [9.17, 15) is 14.0 Å². The summed E-state index contributed by atoms with van der Waals surface area (Å²) >= 11 is 1.81. The van der Waals surface area contributed by atoms with Gasteiger partial charge in [-0.05, 0) is 40.8 Å². The van der Waals surface area contributed by atoms with Crippen LogP contribution in [0.25, 0.3) is 6.08 Å². The quantitative estimate of drug-likeness (QED) is 0.327. The minimum absolute atomic E-state index is 0.0557. The lowest BCUT2D eigenvalue weighted by Gasteiger charge is -2.29. The van der Waals surface area contributed by atoms with Crippen molar-refractivity contribution in [2.24, 2.45) is 0 Å². The van der Waals surface area contributed by atoms with Gasteiger partial charge < -0.3 is 14.2 Å². The highest BCUT2D eigenvalue weighted by molar-refractivity contribution is 14.1. The largest absolute Gasteiger partial charge is 0.493 e. The molecule has 112 valence electrons. The number of carbonyl (C=O) groups excluding carboxylic acids is 2. The zero-order valence-corrected chi connectivity index (χ0v) is 13.7. The summed E-state index contributed by atoms with van der Waals surface area (Å²) in [5, 5.41) is 0. The van der Waals surface area contributed by atoms with Crippen LogP contribution in [0.1, 0.15) is 19.4 Å². The minimum Gasteiger partial charge on any atom is -0.493 e. The number of carbonyl (C=O) groups is 2. The van der Waals surface area contributed by atoms with E-state index in [0.29, 0.717) is 3.57 Å². The fourth-order valence-corrected chi connectivity index (χ4v) is 2.23. The Labute approximate surface area is 134 Å². The van der Waals surface area contributed by atoms with Gasteiger partial charge in [0.2, 0.25) is 0 Å². The number of ether oxygens (including phenoxy) is 3. The fraction of sp³-hybridized carbons (Fsp3) is 0.286. The SMILES string of the molecule is COc1c(C=C2C(=O)OC(C)(C)OC2=O)ccc(I)c1F. The van der Waals surface area contributed by atoms with E-state index < -0.39 is 23.5 Å². The van der Waals surface area contributed by atoms with Gasteiger partial charge in [0.25, 0.3) is 5.79 Å². The van der Waals surface area contributed by atoms with E-state index in [1.165, 1.54) is 39.2 Å². The molecule has 0 aromatic heterocycles. The molecule has 0 atom stereocenters. The molecule has 0 spiro atoms. The summed E-state index contributed by atoms with van der Waals surface area (Å²) in [5.41, 5.74) is -0.0627. The lowest BCUT2D eigenvalue weighted by Crippen LogP contribution is -2.41. The lowest BCUT2D eigenvalue weighted by molar-refractivity contribution is -0.222. The molecule has 1 aromatic carbocycles. The Kier molecular flexibility index (Phi) is 4.22. The molecule has 1 saturated heterocycles. The zero-order chi connectivity index (χ0) is 15.8. The predicted molar refractivity (Wildman–Crippen MR) is 79.9 cm³/mol. The van der Waals surface area contributed by atoms with Crippen LogP contribution in [-0.4, -0.2) is 24.8 Å². The Hall–Kier alpha value is -1.64. The van der Waals surface area contributed by atoms with Gasteiger partial charge in [0.15, 0.2) is 11.6 Å². The number of halogens is 2. The van der Waals surface area contributed by atoms with Crippen molar-refractivity contribution in [3.8, 4) is 5.75 Å². The van der Waals surface area contributed by atoms with Gasteiger partial charge >= 0.3 is 11.9 Å². The van der Waals surface area contributed by atoms with Crippen LogP contribution >= 0.6 is 22.6 Å². The molecule has 1 heterocycles. The van der Waals surface area contributed by atoms with Crippen LogP contribution in [0.2, 0.25) is 0 Å². The molecule has 0 radical (unpaired) electrons. The molecular formula is C14H12FIO5. The third kappa shape index (κ3) is 3.17. The average Bonchev–Trinajstić information content (AvgIpc) is 2.37. The van der Waals surface area contributed by atoms with Crippen LogP contribution in [0.15, 0.2) is 17.7 Å². The van der Waals surface area contributed by atoms with E-state index in [0.717, 1.165) is 0 Å². The number of esters is 2. The average molecular weight is 406 g/mol. The van der Waals surface area contributed by atoms with Gasteiger partial charge in [0.1, 0.15) is 5.57 Å². The normalized spacial score (nSPS) is 17.1. The van der Waals surface area contributed by atoms with Crippen LogP contribution in [0.3, 0.4) is 0 Å². The van der Waals surface area contributed by atoms with Gasteiger partial charge in [0.05, 0.1) is 10.7 Å². The predicted octanol–water partition coefficient (Wildman–Crippen LogP) is 2.66. The van der Waals surface area contributed by atoms with Crippen molar-refractivity contribution in [1.29, 1.82) is 0 Å². The van der Waals surface area contributed by atoms with Crippen molar-refractivity contribution in [2.45, 2.75) is 19.6 Å². The van der Waals surface area contributed by atoms with E-state index >= 15 is 0 Å². The van der Waals surface area contributed by atoms with E-state index in [4.69, 9.17) is 14.2 Å². The second-order valence-corrected chi connectivity index (χ2v) is 5.88. The molecule has 5 nitrogen and oxygen atoms in total. The summed E-state index contributed by atoms with van der Waals surface area (Å²) in [7, 11) is 1.30. The Morgan fingerprint density at radius 1 is 1.24 bits per heavy atom. The first kappa shape index (κ1) is 15.7. The molecule has 7 heteroatoms. The number of benzene rings is 1. The molecule has 0 bridgehead atoms. The highest BCUT2D eigenvalue weighted by Gasteiger charge is 2.39. The van der Waals surface area contributed by atoms with Gasteiger partial charge in [-0.15, -0.1) is 0 Å². The smallest absolute Gasteiger partial charge is 0.348 e. The maximum Gasteiger partial charge on any atom is 0.348 e. The first-order chi connectivity index (χ1) is 9.75. The molecule has 0 N–H and O–H groups in total. The van der Waals surface area contributed by atoms with Gasteiger partial charge in [-0.2, -0.15) is 0 Å². The summed E-state index contributed by atoms with van der Waals surface area (Å²) in [6.45, 7) is 2.90. The highest BCUT2D eigenvalue weighted by atomic mass is 127. The Morgan fingerprint density at radius 3 is 2.33 bits per heavy atom. The second kappa shape index (κ2) is 5.63. The Bertz CT molecular complexity index is 629. The van der Waals surface area contributed by atoms with Crippen molar-refractivity contribution in [1.82, 2.24) is 0 Å². The first-order valence-electron chi connectivity index (χ1n) is 5.95. The van der Waals surface area contributed by atoms with Crippen LogP contribution in [0, 0.1) is 9.39 Å². The summed E-state index contributed by atoms with van der Waals surface area (Å²) in [4.78, 5) is 23.7. The molecule has 1 fully saturated rings. The highest BCUT2D eigenvalue weighted by Crippen LogP contribution is 2.30. The van der Waals surface area contributed by atoms with Crippen molar-refractivity contribution in [2.75, 3.05) is 7.11 Å². The molecule has 0 aliphatic carbocycles. The van der Waals surface area contributed by atoms with Gasteiger partial charge in [-0.3, -0.25) is 0 Å². The molecule has 0 amide bonds. The molecular weight excluding hydrogens is 394 g/mol. The van der Waals surface area contributed by atoms with Gasteiger partial charge in [0, 0.05) is 19.4 Å². The van der Waals surface area contributed by atoms with E-state index in [1.54, 1.807) is 0 Å². The van der Waals surface area contributed by atoms with E-state index in [1.807, 2.05) is 22.6 Å². The van der Waals surface area contributed by atoms with Crippen molar-refractivity contribution in [3.05, 3.63) is 32.7 Å². The van der Waals surface area contributed by atoms with E-state index in [2.05, 4.69) is 0 Å². The minimum atomic E-state index is -1.31. The molecule has 0 unspecified atom stereocenters. The lowest BCUT2D eigenvalue weighted by atomic mass is 10.1. The van der Waals surface area contributed by atoms with Gasteiger partial charge in [-0.25, -0.2) is 14.0 Å². The van der Waals surface area contributed by atoms with E-state index in [-0.39, 0.29) is 16.9 Å². The fourth-order valence-electron chi connectivity index (χ4n) is 1.80. The molecule has 0 saturated carbocycles. The number of rotatable bonds is 2. The first-order valence-corrected chi connectivity index (χ1v) is 7.03. The van der Waals surface area contributed by atoms with Crippen LogP contribution in [0.4, 0.5) is 4.39 Å². The Morgan fingerprint density at radius 2 is 1.81 bits per heavy atom. The number of hydrogen-bond acceptors (Lipinski definition) is 5. The van der Waals surface area contributed by atoms with Crippen LogP contribution in [-0.2, 0) is 19.1 Å². The van der Waals surface area contributed by atoms with Crippen LogP contribution in [0.5, 0.6) is 5.75 Å². The topological polar surface area (TPSA) is 61.8 Å². The maximum atomic E-state index is 13.9. The zero-order valence-electron chi connectivity index (χ0n) is 11.5. The molecule has 2 rings (SSSR count). The molecule has 1 aromatic rings. The summed E-state index contributed by atoms with van der Waals surface area (Å²) < 4.78 is 29.2. The number of hydrogen-bond donors (Lipinski definition) is 0. The van der Waals surface area contributed by atoms with Crippen molar-refractivity contribution < 1.29 is 28.2 Å². The standard InChI is InChI=1S/C14H12FIO5/c1-14(2)20-12(17)8(13(18)21-14)6-7-4-5-9(16)10(15)11(7)19-3/h4-6H,1-3H3. The number of cyclic esters (lactones) is 2. The van der Waals surface area contributed by atoms with Crippen LogP contribution < -0.4 is 4.74 Å². The molecule has 21 heavy (non-hydrogen) atoms. The van der Waals surface area contributed by atoms with Gasteiger partial charge in [-0.1, -0.05) is 0 Å². The third-order valence-corrected chi connectivity index (χ3v) is 3.53. The monoisotopic (exact) mass is 406 g/mol. The summed E-state index contributed by atoms with van der Waals surface area (Å²) in [6.07, 6.45) is 1.19. The molecule has 1 aliphatic heterocycles. The number of methoxy groups -OCH3 is 1. The summed E-state index contributed by atoms with van der Waals surface area (Å²) in [6, 6.07) is 3.05.